The Bertz CT molecular complexity index is 850. The van der Waals surface area contributed by atoms with Gasteiger partial charge in [-0.2, -0.15) is 0 Å². The minimum Gasteiger partial charge on any atom is -0.508 e. The smallest absolute Gasteiger partial charge is 0.203 e. The number of allylic oxidation sites excluding steroid dienone is 1. The lowest BCUT2D eigenvalue weighted by Crippen LogP contribution is -2.06. The quantitative estimate of drug-likeness (QED) is 0.899. The van der Waals surface area contributed by atoms with Crippen molar-refractivity contribution in [3.8, 4) is 5.75 Å². The molecule has 0 unspecified atom stereocenters. The van der Waals surface area contributed by atoms with Gasteiger partial charge in [0, 0.05) is 5.56 Å². The molecule has 0 saturated carbocycles. The normalized spacial score (nSPS) is 15.3. The summed E-state index contributed by atoms with van der Waals surface area (Å²) in [5, 5.41) is 10.0. The highest BCUT2D eigenvalue weighted by atomic mass is 32.2. The van der Waals surface area contributed by atoms with Crippen LogP contribution < -0.4 is 0 Å². The zero-order valence-corrected chi connectivity index (χ0v) is 13.9. The first-order chi connectivity index (χ1) is 11.0. The van der Waals surface area contributed by atoms with Crippen molar-refractivity contribution in [3.05, 3.63) is 64.1 Å². The van der Waals surface area contributed by atoms with E-state index in [-0.39, 0.29) is 5.75 Å². The monoisotopic (exact) mass is 328 g/mol. The summed E-state index contributed by atoms with van der Waals surface area (Å²) in [6.45, 7) is 1.98. The van der Waals surface area contributed by atoms with E-state index in [1.54, 1.807) is 18.2 Å². The molecule has 1 N–H and O–H groups in total. The summed E-state index contributed by atoms with van der Waals surface area (Å²) in [6, 6.07) is 13.2. The number of phenolic OH excluding ortho intramolecular Hbond substituents is 1. The van der Waals surface area contributed by atoms with Crippen LogP contribution in [0.4, 0.5) is 0 Å². The molecule has 3 rings (SSSR count). The predicted molar refractivity (Wildman–Crippen MR) is 92.0 cm³/mol. The third-order valence-corrected chi connectivity index (χ3v) is 6.23. The van der Waals surface area contributed by atoms with Gasteiger partial charge in [-0.15, -0.1) is 0 Å². The van der Waals surface area contributed by atoms with Crippen molar-refractivity contribution in [2.24, 2.45) is 0 Å². The summed E-state index contributed by atoms with van der Waals surface area (Å²) >= 11 is 0. The summed E-state index contributed by atoms with van der Waals surface area (Å²) in [4.78, 5) is 0.752. The van der Waals surface area contributed by atoms with Gasteiger partial charge in [0.15, 0.2) is 0 Å². The van der Waals surface area contributed by atoms with Gasteiger partial charge in [0.05, 0.1) is 9.80 Å². The van der Waals surface area contributed by atoms with Crippen LogP contribution in [0.5, 0.6) is 5.75 Å². The second kappa shape index (κ2) is 6.20. The van der Waals surface area contributed by atoms with Crippen molar-refractivity contribution in [1.82, 2.24) is 0 Å². The second-order valence-electron chi connectivity index (χ2n) is 5.83. The zero-order chi connectivity index (χ0) is 16.4. The molecule has 0 spiro atoms. The van der Waals surface area contributed by atoms with Gasteiger partial charge >= 0.3 is 0 Å². The highest BCUT2D eigenvalue weighted by molar-refractivity contribution is 7.95. The largest absolute Gasteiger partial charge is 0.508 e. The summed E-state index contributed by atoms with van der Waals surface area (Å²) in [5.41, 5.74) is 2.38. The Hall–Kier alpha value is -2.07. The third-order valence-electron chi connectivity index (χ3n) is 4.20. The maximum Gasteiger partial charge on any atom is 0.203 e. The lowest BCUT2D eigenvalue weighted by molar-refractivity contribution is 0.464. The summed E-state index contributed by atoms with van der Waals surface area (Å²) in [6.07, 6.45) is 4.28. The third kappa shape index (κ3) is 2.91. The number of benzene rings is 2. The zero-order valence-electron chi connectivity index (χ0n) is 13.1. The fourth-order valence-electron chi connectivity index (χ4n) is 3.06. The first-order valence-electron chi connectivity index (χ1n) is 7.88. The molecule has 120 valence electrons. The summed E-state index contributed by atoms with van der Waals surface area (Å²) < 4.78 is 25.7. The molecule has 2 aromatic rings. The topological polar surface area (TPSA) is 54.4 Å². The Morgan fingerprint density at radius 1 is 0.957 bits per heavy atom. The molecule has 0 radical (unpaired) electrons. The molecule has 4 heteroatoms. The highest BCUT2D eigenvalue weighted by Gasteiger charge is 2.32. The molecule has 23 heavy (non-hydrogen) atoms. The first-order valence-corrected chi connectivity index (χ1v) is 9.36. The lowest BCUT2D eigenvalue weighted by Gasteiger charge is -2.11. The van der Waals surface area contributed by atoms with E-state index < -0.39 is 9.84 Å². The molecule has 3 nitrogen and oxygen atoms in total. The predicted octanol–water partition coefficient (Wildman–Crippen LogP) is 4.11. The number of fused-ring (bicyclic) bond motifs is 1. The number of hydrogen-bond donors (Lipinski definition) is 1. The molecule has 0 atom stereocenters. The van der Waals surface area contributed by atoms with Crippen molar-refractivity contribution >= 4 is 15.9 Å². The van der Waals surface area contributed by atoms with Crippen molar-refractivity contribution in [2.45, 2.75) is 37.5 Å². The number of rotatable bonds is 5. The fourth-order valence-corrected chi connectivity index (χ4v) is 4.94. The van der Waals surface area contributed by atoms with Gasteiger partial charge in [-0.25, -0.2) is 8.42 Å². The molecule has 1 heterocycles. The van der Waals surface area contributed by atoms with E-state index in [9.17, 15) is 13.5 Å². The second-order valence-corrected chi connectivity index (χ2v) is 7.77. The average molecular weight is 328 g/mol. The van der Waals surface area contributed by atoms with E-state index in [1.165, 1.54) is 0 Å². The summed E-state index contributed by atoms with van der Waals surface area (Å²) in [7, 11) is -3.49. The molecule has 2 aromatic carbocycles. The van der Waals surface area contributed by atoms with E-state index in [4.69, 9.17) is 0 Å². The van der Waals surface area contributed by atoms with Crippen molar-refractivity contribution < 1.29 is 13.5 Å². The number of hydrogen-bond acceptors (Lipinski definition) is 3. The van der Waals surface area contributed by atoms with Crippen molar-refractivity contribution in [2.75, 3.05) is 0 Å². The van der Waals surface area contributed by atoms with E-state index in [0.29, 0.717) is 40.2 Å². The number of sulfone groups is 1. The molecule has 1 aliphatic rings. The molecule has 0 fully saturated rings. The van der Waals surface area contributed by atoms with E-state index >= 15 is 0 Å². The Morgan fingerprint density at radius 3 is 2.39 bits per heavy atom. The molecular formula is C19H20O3S. The highest BCUT2D eigenvalue weighted by Crippen LogP contribution is 2.40. The Kier molecular flexibility index (Phi) is 4.26. The maximum absolute atomic E-state index is 12.9. The molecule has 0 aliphatic carbocycles. The van der Waals surface area contributed by atoms with E-state index in [2.05, 4.69) is 0 Å². The van der Waals surface area contributed by atoms with E-state index in [1.807, 2.05) is 37.3 Å². The van der Waals surface area contributed by atoms with Crippen LogP contribution in [-0.2, 0) is 22.7 Å². The average Bonchev–Trinajstić information content (AvgIpc) is 2.80. The molecule has 0 aromatic heterocycles. The maximum atomic E-state index is 12.9. The Labute approximate surface area is 137 Å². The SMILES string of the molecule is CCCc1c(O)ccc2c1S(=O)(=O)C(CCc1ccccc1)=C2. The van der Waals surface area contributed by atoms with Crippen LogP contribution >= 0.6 is 0 Å². The number of aromatic hydroxyl groups is 1. The van der Waals surface area contributed by atoms with Gasteiger partial charge in [-0.3, -0.25) is 0 Å². The minimum atomic E-state index is -3.49. The lowest BCUT2D eigenvalue weighted by atomic mass is 10.0. The van der Waals surface area contributed by atoms with Gasteiger partial charge in [-0.05, 0) is 48.6 Å². The molecule has 0 amide bonds. The van der Waals surface area contributed by atoms with Gasteiger partial charge in [0.1, 0.15) is 5.75 Å². The van der Waals surface area contributed by atoms with Crippen molar-refractivity contribution in [1.29, 1.82) is 0 Å². The standard InChI is InChI=1S/C19H20O3S/c1-2-6-17-18(20)12-10-15-13-16(23(21,22)19(15)17)11-9-14-7-4-3-5-8-14/h3-5,7-8,10,12-13,20H,2,6,9,11H2,1H3. The van der Waals surface area contributed by atoms with Gasteiger partial charge in [0.25, 0.3) is 0 Å². The van der Waals surface area contributed by atoms with Crippen molar-refractivity contribution in [3.63, 3.8) is 0 Å². The summed E-state index contributed by atoms with van der Waals surface area (Å²) in [5.74, 6) is 0.0758. The van der Waals surface area contributed by atoms with Gasteiger partial charge in [0.2, 0.25) is 9.84 Å². The van der Waals surface area contributed by atoms with Crippen LogP contribution in [0.2, 0.25) is 0 Å². The first kappa shape index (κ1) is 15.8. The fraction of sp³-hybridized carbons (Fsp3) is 0.263. The number of aryl methyl sites for hydroxylation is 1. The molecule has 1 aliphatic heterocycles. The van der Waals surface area contributed by atoms with Crippen LogP contribution in [0.25, 0.3) is 6.08 Å². The number of phenols is 1. The van der Waals surface area contributed by atoms with Gasteiger partial charge in [-0.1, -0.05) is 43.7 Å². The van der Waals surface area contributed by atoms with Crippen LogP contribution in [0.1, 0.15) is 36.5 Å². The van der Waals surface area contributed by atoms with Crippen LogP contribution in [0.15, 0.2) is 52.3 Å². The molecule has 0 bridgehead atoms. The molecular weight excluding hydrogens is 308 g/mol. The van der Waals surface area contributed by atoms with Gasteiger partial charge < -0.3 is 5.11 Å². The van der Waals surface area contributed by atoms with E-state index in [0.717, 1.165) is 12.0 Å². The van der Waals surface area contributed by atoms with Crippen LogP contribution in [0.3, 0.4) is 0 Å². The van der Waals surface area contributed by atoms with Crippen LogP contribution in [-0.4, -0.2) is 13.5 Å². The molecule has 0 saturated heterocycles. The minimum absolute atomic E-state index is 0.0758. The van der Waals surface area contributed by atoms with Crippen LogP contribution in [0, 0.1) is 0 Å². The Balaban J connectivity index is 1.92. The Morgan fingerprint density at radius 2 is 1.70 bits per heavy atom.